The monoisotopic (exact) mass is 221 g/mol. The maximum Gasteiger partial charge on any atom is 0.253 e. The molecule has 0 bridgehead atoms. The minimum absolute atomic E-state index is 0.0200. The van der Waals surface area contributed by atoms with Crippen molar-refractivity contribution < 1.29 is 9.18 Å². The molecule has 0 N–H and O–H groups in total. The predicted octanol–water partition coefficient (Wildman–Crippen LogP) is 2.70. The average molecular weight is 221 g/mol. The number of halogens is 1. The molecule has 0 aromatic heterocycles. The summed E-state index contributed by atoms with van der Waals surface area (Å²) in [7, 11) is 0. The maximum absolute atomic E-state index is 12.7. The quantitative estimate of drug-likeness (QED) is 0.714. The molecule has 0 unspecified atom stereocenters. The van der Waals surface area contributed by atoms with E-state index in [9.17, 15) is 9.18 Å². The SMILES string of the molecule is C[C@@H]1CCCN(C(=O)c2ccc(F)cc2)C1. The molecule has 0 aliphatic carbocycles. The van der Waals surface area contributed by atoms with Crippen LogP contribution in [0.5, 0.6) is 0 Å². The van der Waals surface area contributed by atoms with Gasteiger partial charge in [-0.1, -0.05) is 6.92 Å². The Morgan fingerprint density at radius 3 is 2.69 bits per heavy atom. The van der Waals surface area contributed by atoms with Crippen LogP contribution in [0.3, 0.4) is 0 Å². The third-order valence-electron chi connectivity index (χ3n) is 3.04. The van der Waals surface area contributed by atoms with E-state index in [0.717, 1.165) is 19.5 Å². The van der Waals surface area contributed by atoms with Crippen LogP contribution < -0.4 is 0 Å². The molecule has 1 aromatic rings. The fourth-order valence-corrected chi connectivity index (χ4v) is 2.15. The second-order valence-electron chi connectivity index (χ2n) is 4.51. The van der Waals surface area contributed by atoms with Gasteiger partial charge in [0.2, 0.25) is 0 Å². The first-order chi connectivity index (χ1) is 7.66. The van der Waals surface area contributed by atoms with Crippen molar-refractivity contribution in [3.63, 3.8) is 0 Å². The van der Waals surface area contributed by atoms with Gasteiger partial charge in [-0.15, -0.1) is 0 Å². The highest BCUT2D eigenvalue weighted by Gasteiger charge is 2.21. The minimum atomic E-state index is -0.302. The topological polar surface area (TPSA) is 20.3 Å². The molecule has 1 atom stereocenters. The van der Waals surface area contributed by atoms with Gasteiger partial charge in [0.1, 0.15) is 5.82 Å². The molecule has 1 aliphatic rings. The van der Waals surface area contributed by atoms with E-state index in [4.69, 9.17) is 0 Å². The zero-order chi connectivity index (χ0) is 11.5. The Morgan fingerprint density at radius 1 is 1.38 bits per heavy atom. The fraction of sp³-hybridized carbons (Fsp3) is 0.462. The molecule has 1 saturated heterocycles. The first-order valence-corrected chi connectivity index (χ1v) is 5.71. The molecule has 1 amide bonds. The van der Waals surface area contributed by atoms with Crippen molar-refractivity contribution in [2.24, 2.45) is 5.92 Å². The molecule has 1 heterocycles. The molecule has 0 radical (unpaired) electrons. The van der Waals surface area contributed by atoms with Crippen molar-refractivity contribution in [1.82, 2.24) is 4.90 Å². The molecule has 2 rings (SSSR count). The number of hydrogen-bond donors (Lipinski definition) is 0. The third kappa shape index (κ3) is 2.40. The lowest BCUT2D eigenvalue weighted by molar-refractivity contribution is 0.0683. The second-order valence-corrected chi connectivity index (χ2v) is 4.51. The van der Waals surface area contributed by atoms with E-state index in [1.165, 1.54) is 18.6 Å². The number of piperidine rings is 1. The van der Waals surface area contributed by atoms with Gasteiger partial charge in [-0.25, -0.2) is 4.39 Å². The van der Waals surface area contributed by atoms with Crippen molar-refractivity contribution in [1.29, 1.82) is 0 Å². The zero-order valence-corrected chi connectivity index (χ0v) is 9.45. The van der Waals surface area contributed by atoms with Crippen LogP contribution in [-0.4, -0.2) is 23.9 Å². The fourth-order valence-electron chi connectivity index (χ4n) is 2.15. The van der Waals surface area contributed by atoms with E-state index in [0.29, 0.717) is 11.5 Å². The second kappa shape index (κ2) is 4.64. The van der Waals surface area contributed by atoms with Crippen molar-refractivity contribution in [2.45, 2.75) is 19.8 Å². The molecular weight excluding hydrogens is 205 g/mol. The summed E-state index contributed by atoms with van der Waals surface area (Å²) in [5.74, 6) is 0.285. The summed E-state index contributed by atoms with van der Waals surface area (Å²) in [6.07, 6.45) is 2.25. The summed E-state index contributed by atoms with van der Waals surface area (Å²) in [6.45, 7) is 3.79. The highest BCUT2D eigenvalue weighted by Crippen LogP contribution is 2.17. The molecule has 2 nitrogen and oxygen atoms in total. The van der Waals surface area contributed by atoms with Crippen molar-refractivity contribution in [2.75, 3.05) is 13.1 Å². The number of hydrogen-bond acceptors (Lipinski definition) is 1. The smallest absolute Gasteiger partial charge is 0.253 e. The maximum atomic E-state index is 12.7. The minimum Gasteiger partial charge on any atom is -0.338 e. The summed E-state index contributed by atoms with van der Waals surface area (Å²) < 4.78 is 12.7. The van der Waals surface area contributed by atoms with E-state index >= 15 is 0 Å². The summed E-state index contributed by atoms with van der Waals surface area (Å²) in [5, 5.41) is 0. The molecule has 1 aliphatic heterocycles. The highest BCUT2D eigenvalue weighted by molar-refractivity contribution is 5.94. The van der Waals surface area contributed by atoms with Crippen molar-refractivity contribution in [3.8, 4) is 0 Å². The van der Waals surface area contributed by atoms with Crippen LogP contribution in [0, 0.1) is 11.7 Å². The van der Waals surface area contributed by atoms with E-state index < -0.39 is 0 Å². The van der Waals surface area contributed by atoms with Gasteiger partial charge in [0.15, 0.2) is 0 Å². The highest BCUT2D eigenvalue weighted by atomic mass is 19.1. The molecule has 0 saturated carbocycles. The number of carbonyl (C=O) groups is 1. The molecule has 86 valence electrons. The normalized spacial score (nSPS) is 20.9. The summed E-state index contributed by atoms with van der Waals surface area (Å²) in [6, 6.07) is 5.77. The van der Waals surface area contributed by atoms with Crippen LogP contribution in [0.25, 0.3) is 0 Å². The van der Waals surface area contributed by atoms with Crippen LogP contribution >= 0.6 is 0 Å². The van der Waals surface area contributed by atoms with Gasteiger partial charge in [0.05, 0.1) is 0 Å². The Kier molecular flexibility index (Phi) is 3.22. The van der Waals surface area contributed by atoms with Gasteiger partial charge in [0, 0.05) is 18.7 Å². The molecule has 3 heteroatoms. The average Bonchev–Trinajstić information content (AvgIpc) is 2.29. The van der Waals surface area contributed by atoms with Crippen LogP contribution in [-0.2, 0) is 0 Å². The number of carbonyl (C=O) groups excluding carboxylic acids is 1. The lowest BCUT2D eigenvalue weighted by atomic mass is 9.99. The third-order valence-corrected chi connectivity index (χ3v) is 3.04. The Morgan fingerprint density at radius 2 is 2.06 bits per heavy atom. The Hall–Kier alpha value is -1.38. The number of amides is 1. The van der Waals surface area contributed by atoms with Gasteiger partial charge >= 0.3 is 0 Å². The molecule has 0 spiro atoms. The van der Waals surface area contributed by atoms with Gasteiger partial charge < -0.3 is 4.90 Å². The molecule has 16 heavy (non-hydrogen) atoms. The first kappa shape index (κ1) is 11.1. The zero-order valence-electron chi connectivity index (χ0n) is 9.45. The summed E-state index contributed by atoms with van der Waals surface area (Å²) in [5.41, 5.74) is 0.579. The van der Waals surface area contributed by atoms with Crippen molar-refractivity contribution >= 4 is 5.91 Å². The Labute approximate surface area is 95.1 Å². The van der Waals surface area contributed by atoms with Gasteiger partial charge in [-0.05, 0) is 43.0 Å². The Bertz CT molecular complexity index is 374. The standard InChI is InChI=1S/C13H16FNO/c1-10-3-2-8-15(9-10)13(16)11-4-6-12(14)7-5-11/h4-7,10H,2-3,8-9H2,1H3/t10-/m1/s1. The molecule has 1 aromatic carbocycles. The van der Waals surface area contributed by atoms with E-state index in [2.05, 4.69) is 6.92 Å². The summed E-state index contributed by atoms with van der Waals surface area (Å²) in [4.78, 5) is 13.9. The lowest BCUT2D eigenvalue weighted by Gasteiger charge is -2.31. The Balaban J connectivity index is 2.09. The molecule has 1 fully saturated rings. The molecular formula is C13H16FNO. The van der Waals surface area contributed by atoms with Crippen molar-refractivity contribution in [3.05, 3.63) is 35.6 Å². The largest absolute Gasteiger partial charge is 0.338 e. The van der Waals surface area contributed by atoms with E-state index in [-0.39, 0.29) is 11.7 Å². The number of likely N-dealkylation sites (tertiary alicyclic amines) is 1. The van der Waals surface area contributed by atoms with E-state index in [1.807, 2.05) is 4.90 Å². The van der Waals surface area contributed by atoms with Crippen LogP contribution in [0.2, 0.25) is 0 Å². The van der Waals surface area contributed by atoms with Crippen LogP contribution in [0.1, 0.15) is 30.1 Å². The van der Waals surface area contributed by atoms with Crippen LogP contribution in [0.15, 0.2) is 24.3 Å². The number of rotatable bonds is 1. The number of benzene rings is 1. The number of nitrogens with zero attached hydrogens (tertiary/aromatic N) is 1. The van der Waals surface area contributed by atoms with Crippen LogP contribution in [0.4, 0.5) is 4.39 Å². The predicted molar refractivity (Wildman–Crippen MR) is 60.7 cm³/mol. The van der Waals surface area contributed by atoms with Gasteiger partial charge in [-0.3, -0.25) is 4.79 Å². The summed E-state index contributed by atoms with van der Waals surface area (Å²) >= 11 is 0. The first-order valence-electron chi connectivity index (χ1n) is 5.71. The van der Waals surface area contributed by atoms with Gasteiger partial charge in [0.25, 0.3) is 5.91 Å². The lowest BCUT2D eigenvalue weighted by Crippen LogP contribution is -2.39. The van der Waals surface area contributed by atoms with E-state index in [1.54, 1.807) is 12.1 Å². The van der Waals surface area contributed by atoms with Gasteiger partial charge in [-0.2, -0.15) is 0 Å².